The maximum absolute atomic E-state index is 10.7. The number of carbonyl (C=O) groups is 1. The molecule has 2 rings (SSSR count). The lowest BCUT2D eigenvalue weighted by Gasteiger charge is -2.19. The zero-order valence-electron chi connectivity index (χ0n) is 10.6. The van der Waals surface area contributed by atoms with E-state index < -0.39 is 0 Å². The number of benzene rings is 1. The van der Waals surface area contributed by atoms with Gasteiger partial charge in [-0.25, -0.2) is 0 Å². The van der Waals surface area contributed by atoms with Crippen LogP contribution in [-0.4, -0.2) is 19.4 Å². The molecule has 0 bridgehead atoms. The van der Waals surface area contributed by atoms with Gasteiger partial charge in [0.2, 0.25) is 0 Å². The molecule has 0 unspecified atom stereocenters. The molecular weight excluding hydrogens is 210 g/mol. The van der Waals surface area contributed by atoms with Gasteiger partial charge in [0.25, 0.3) is 0 Å². The van der Waals surface area contributed by atoms with Crippen LogP contribution in [0.4, 0.5) is 5.69 Å². The Morgan fingerprint density at radius 1 is 1.29 bits per heavy atom. The zero-order valence-corrected chi connectivity index (χ0v) is 10.6. The summed E-state index contributed by atoms with van der Waals surface area (Å²) >= 11 is 0. The van der Waals surface area contributed by atoms with E-state index in [1.807, 2.05) is 12.1 Å². The fraction of sp³-hybridized carbons (Fsp3) is 0.533. The number of anilines is 1. The van der Waals surface area contributed by atoms with Gasteiger partial charge in [-0.1, -0.05) is 26.2 Å². The van der Waals surface area contributed by atoms with Crippen molar-refractivity contribution in [1.82, 2.24) is 0 Å². The van der Waals surface area contributed by atoms with Gasteiger partial charge in [0, 0.05) is 24.3 Å². The van der Waals surface area contributed by atoms with E-state index in [1.165, 1.54) is 36.9 Å². The summed E-state index contributed by atoms with van der Waals surface area (Å²) in [7, 11) is 0. The van der Waals surface area contributed by atoms with Gasteiger partial charge in [-0.05, 0) is 36.6 Å². The summed E-state index contributed by atoms with van der Waals surface area (Å²) in [5.74, 6) is 0. The molecule has 1 heterocycles. The summed E-state index contributed by atoms with van der Waals surface area (Å²) in [6, 6.07) is 6.07. The first-order valence-corrected chi connectivity index (χ1v) is 6.68. The first-order valence-electron chi connectivity index (χ1n) is 6.68. The van der Waals surface area contributed by atoms with E-state index in [1.54, 1.807) is 0 Å². The van der Waals surface area contributed by atoms with E-state index in [2.05, 4.69) is 17.9 Å². The van der Waals surface area contributed by atoms with E-state index >= 15 is 0 Å². The van der Waals surface area contributed by atoms with Crippen LogP contribution in [0.2, 0.25) is 0 Å². The maximum atomic E-state index is 10.7. The summed E-state index contributed by atoms with van der Waals surface area (Å²) in [6.45, 7) is 4.52. The highest BCUT2D eigenvalue weighted by atomic mass is 16.1. The molecule has 1 aromatic rings. The first kappa shape index (κ1) is 12.2. The lowest BCUT2D eigenvalue weighted by atomic mass is 10.1. The van der Waals surface area contributed by atoms with Crippen LogP contribution in [0.15, 0.2) is 18.2 Å². The van der Waals surface area contributed by atoms with Gasteiger partial charge in [0.1, 0.15) is 6.29 Å². The number of rotatable bonds is 6. The molecule has 17 heavy (non-hydrogen) atoms. The largest absolute Gasteiger partial charge is 0.371 e. The summed E-state index contributed by atoms with van der Waals surface area (Å²) in [4.78, 5) is 13.2. The fourth-order valence-corrected chi connectivity index (χ4v) is 2.53. The van der Waals surface area contributed by atoms with Crippen LogP contribution in [0.25, 0.3) is 0 Å². The average Bonchev–Trinajstić information content (AvgIpc) is 2.77. The Morgan fingerprint density at radius 2 is 2.18 bits per heavy atom. The molecule has 0 amide bonds. The molecule has 0 aromatic heterocycles. The second kappa shape index (κ2) is 5.85. The molecule has 0 aliphatic carbocycles. The van der Waals surface area contributed by atoms with E-state index in [-0.39, 0.29) is 0 Å². The molecular formula is C15H21NO. The minimum Gasteiger partial charge on any atom is -0.371 e. The number of aldehydes is 1. The molecule has 2 heteroatoms. The Bertz CT molecular complexity index is 387. The average molecular weight is 231 g/mol. The Balaban J connectivity index is 1.94. The number of unbranched alkanes of at least 4 members (excludes halogenated alkanes) is 3. The van der Waals surface area contributed by atoms with E-state index in [0.29, 0.717) is 0 Å². The van der Waals surface area contributed by atoms with Crippen molar-refractivity contribution in [2.75, 3.05) is 18.0 Å². The van der Waals surface area contributed by atoms with Gasteiger partial charge in [0.15, 0.2) is 0 Å². The highest BCUT2D eigenvalue weighted by molar-refractivity contribution is 5.77. The molecule has 92 valence electrons. The van der Waals surface area contributed by atoms with Crippen molar-refractivity contribution >= 4 is 12.0 Å². The Morgan fingerprint density at radius 3 is 2.94 bits per heavy atom. The van der Waals surface area contributed by atoms with Crippen LogP contribution in [0, 0.1) is 0 Å². The minimum atomic E-state index is 0.802. The fourth-order valence-electron chi connectivity index (χ4n) is 2.53. The molecule has 0 atom stereocenters. The summed E-state index contributed by atoms with van der Waals surface area (Å²) in [5, 5.41) is 0. The van der Waals surface area contributed by atoms with Crippen molar-refractivity contribution in [3.05, 3.63) is 29.3 Å². The van der Waals surface area contributed by atoms with Crippen molar-refractivity contribution in [3.63, 3.8) is 0 Å². The van der Waals surface area contributed by atoms with Crippen molar-refractivity contribution in [2.24, 2.45) is 0 Å². The SMILES string of the molecule is CCCCCCN1CCc2cc(C=O)ccc21. The quantitative estimate of drug-likeness (QED) is 0.552. The number of hydrogen-bond acceptors (Lipinski definition) is 2. The smallest absolute Gasteiger partial charge is 0.150 e. The normalized spacial score (nSPS) is 13.8. The van der Waals surface area contributed by atoms with Crippen LogP contribution in [0.1, 0.15) is 48.5 Å². The Labute approximate surface area is 104 Å². The molecule has 1 aliphatic heterocycles. The molecule has 2 nitrogen and oxygen atoms in total. The van der Waals surface area contributed by atoms with Gasteiger partial charge < -0.3 is 4.90 Å². The lowest BCUT2D eigenvalue weighted by Crippen LogP contribution is -2.21. The lowest BCUT2D eigenvalue weighted by molar-refractivity contribution is 0.112. The topological polar surface area (TPSA) is 20.3 Å². The number of nitrogens with zero attached hydrogens (tertiary/aromatic N) is 1. The second-order valence-corrected chi connectivity index (χ2v) is 4.80. The molecule has 0 radical (unpaired) electrons. The highest BCUT2D eigenvalue weighted by Crippen LogP contribution is 2.28. The molecule has 1 aromatic carbocycles. The first-order chi connectivity index (χ1) is 8.35. The van der Waals surface area contributed by atoms with Crippen LogP contribution >= 0.6 is 0 Å². The van der Waals surface area contributed by atoms with Crippen LogP contribution in [-0.2, 0) is 6.42 Å². The van der Waals surface area contributed by atoms with E-state index in [0.717, 1.165) is 31.4 Å². The van der Waals surface area contributed by atoms with Crippen LogP contribution < -0.4 is 4.90 Å². The third kappa shape index (κ3) is 2.87. The molecule has 0 spiro atoms. The van der Waals surface area contributed by atoms with Gasteiger partial charge in [-0.3, -0.25) is 4.79 Å². The predicted molar refractivity (Wildman–Crippen MR) is 71.9 cm³/mol. The van der Waals surface area contributed by atoms with Gasteiger partial charge in [0.05, 0.1) is 0 Å². The van der Waals surface area contributed by atoms with Crippen LogP contribution in [0.5, 0.6) is 0 Å². The van der Waals surface area contributed by atoms with Crippen LogP contribution in [0.3, 0.4) is 0 Å². The molecule has 0 fully saturated rings. The number of hydrogen-bond donors (Lipinski definition) is 0. The summed E-state index contributed by atoms with van der Waals surface area (Å²) in [6.07, 6.45) is 7.26. The molecule has 1 aliphatic rings. The Hall–Kier alpha value is -1.31. The monoisotopic (exact) mass is 231 g/mol. The standard InChI is InChI=1S/C15H21NO/c1-2-3-4-5-9-16-10-8-14-11-13(12-17)6-7-15(14)16/h6-7,11-12H,2-5,8-10H2,1H3. The van der Waals surface area contributed by atoms with Crippen molar-refractivity contribution in [3.8, 4) is 0 Å². The molecule has 0 saturated heterocycles. The van der Waals surface area contributed by atoms with Crippen molar-refractivity contribution in [1.29, 1.82) is 0 Å². The van der Waals surface area contributed by atoms with Gasteiger partial charge in [-0.2, -0.15) is 0 Å². The number of carbonyl (C=O) groups excluding carboxylic acids is 1. The number of fused-ring (bicyclic) bond motifs is 1. The van der Waals surface area contributed by atoms with Gasteiger partial charge in [-0.15, -0.1) is 0 Å². The maximum Gasteiger partial charge on any atom is 0.150 e. The second-order valence-electron chi connectivity index (χ2n) is 4.80. The third-order valence-corrected chi connectivity index (χ3v) is 3.51. The zero-order chi connectivity index (χ0) is 12.1. The van der Waals surface area contributed by atoms with Gasteiger partial charge >= 0.3 is 0 Å². The van der Waals surface area contributed by atoms with Crippen molar-refractivity contribution < 1.29 is 4.79 Å². The minimum absolute atomic E-state index is 0.802. The third-order valence-electron chi connectivity index (χ3n) is 3.51. The summed E-state index contributed by atoms with van der Waals surface area (Å²) in [5.41, 5.74) is 3.48. The van der Waals surface area contributed by atoms with Crippen molar-refractivity contribution in [2.45, 2.75) is 39.0 Å². The molecule has 0 saturated carbocycles. The predicted octanol–water partition coefficient (Wildman–Crippen LogP) is 3.44. The van der Waals surface area contributed by atoms with E-state index in [4.69, 9.17) is 0 Å². The molecule has 0 N–H and O–H groups in total. The van der Waals surface area contributed by atoms with E-state index in [9.17, 15) is 4.79 Å². The Kier molecular flexibility index (Phi) is 4.18. The summed E-state index contributed by atoms with van der Waals surface area (Å²) < 4.78 is 0. The highest BCUT2D eigenvalue weighted by Gasteiger charge is 2.18.